The molecule has 0 radical (unpaired) electrons. The number of nitrogens with one attached hydrogen (secondary N) is 4. The van der Waals surface area contributed by atoms with Gasteiger partial charge in [-0.3, -0.25) is 15.6 Å². The minimum absolute atomic E-state index is 0.0481. The van der Waals surface area contributed by atoms with Crippen LogP contribution in [0.1, 0.15) is 17.5 Å². The first kappa shape index (κ1) is 21.1. The summed E-state index contributed by atoms with van der Waals surface area (Å²) in [5, 5.41) is 3.51. The number of carbonyl (C=O) groups excluding carboxylic acids is 1. The number of anilines is 2. The van der Waals surface area contributed by atoms with Crippen LogP contribution in [0.5, 0.6) is 0 Å². The molecule has 0 spiro atoms. The monoisotopic (exact) mass is 412 g/mol. The Labute approximate surface area is 178 Å². The lowest BCUT2D eigenvalue weighted by atomic mass is 10.1. The highest BCUT2D eigenvalue weighted by Crippen LogP contribution is 2.16. The number of aryl methyl sites for hydroxylation is 2. The Balaban J connectivity index is 1.34. The lowest BCUT2D eigenvalue weighted by molar-refractivity contribution is -0.900. The van der Waals surface area contributed by atoms with E-state index in [4.69, 9.17) is 12.2 Å². The number of hydrogen-bond acceptors (Lipinski definition) is 3. The summed E-state index contributed by atoms with van der Waals surface area (Å²) in [5.41, 5.74) is 9.96. The van der Waals surface area contributed by atoms with Gasteiger partial charge in [0.15, 0.2) is 5.11 Å². The summed E-state index contributed by atoms with van der Waals surface area (Å²) < 4.78 is 0. The molecule has 2 aromatic rings. The average Bonchev–Trinajstić information content (AvgIpc) is 2.74. The van der Waals surface area contributed by atoms with Gasteiger partial charge in [0.25, 0.3) is 0 Å². The number of thiocarbonyl (C=S) groups is 1. The van der Waals surface area contributed by atoms with Gasteiger partial charge in [-0.25, -0.2) is 0 Å². The highest BCUT2D eigenvalue weighted by molar-refractivity contribution is 7.80. The third-order valence-corrected chi connectivity index (χ3v) is 5.46. The molecule has 0 bridgehead atoms. The van der Waals surface area contributed by atoms with Crippen molar-refractivity contribution in [2.24, 2.45) is 0 Å². The maximum absolute atomic E-state index is 12.2. The van der Waals surface area contributed by atoms with Crippen LogP contribution in [0, 0.1) is 13.8 Å². The van der Waals surface area contributed by atoms with E-state index >= 15 is 0 Å². The number of carbonyl (C=O) groups is 1. The molecule has 6 nitrogen and oxygen atoms in total. The fourth-order valence-electron chi connectivity index (χ4n) is 3.47. The van der Waals surface area contributed by atoms with E-state index in [1.54, 1.807) is 0 Å². The predicted octanol–water partition coefficient (Wildman–Crippen LogP) is 1.42. The molecule has 7 heteroatoms. The standard InChI is InChI=1S/C22H29N5OS/c1-17-8-9-18(2)20(16-17)23-22(29)25-24-21(28)10-11-26-12-14-27(15-13-26)19-6-4-3-5-7-19/h3-9,16H,10-15H2,1-2H3,(H,24,28)(H2,23,25,29)/p+1. The van der Waals surface area contributed by atoms with Crippen molar-refractivity contribution >= 4 is 34.6 Å². The number of hydrogen-bond donors (Lipinski definition) is 4. The molecule has 1 aliphatic rings. The van der Waals surface area contributed by atoms with E-state index in [-0.39, 0.29) is 5.91 Å². The molecule has 29 heavy (non-hydrogen) atoms. The lowest BCUT2D eigenvalue weighted by Crippen LogP contribution is -3.15. The molecular formula is C22H30N5OS+. The zero-order valence-corrected chi connectivity index (χ0v) is 17.9. The SMILES string of the molecule is Cc1ccc(C)c(NC(=S)NNC(=O)CC[NH+]2CCN(c3ccccc3)CC2)c1. The number of hydrazine groups is 1. The summed E-state index contributed by atoms with van der Waals surface area (Å²) in [5.74, 6) is -0.0481. The first-order valence-corrected chi connectivity index (χ1v) is 10.5. The molecule has 2 aromatic carbocycles. The van der Waals surface area contributed by atoms with Gasteiger partial charge >= 0.3 is 0 Å². The van der Waals surface area contributed by atoms with E-state index < -0.39 is 0 Å². The van der Waals surface area contributed by atoms with Crippen LogP contribution in [0.25, 0.3) is 0 Å². The van der Waals surface area contributed by atoms with Crippen LogP contribution < -0.4 is 26.0 Å². The first-order chi connectivity index (χ1) is 14.0. The third-order valence-electron chi connectivity index (χ3n) is 5.25. The van der Waals surface area contributed by atoms with Gasteiger partial charge in [0.1, 0.15) is 0 Å². The van der Waals surface area contributed by atoms with Crippen LogP contribution in [-0.4, -0.2) is 43.7 Å². The van der Waals surface area contributed by atoms with Gasteiger partial charge in [-0.1, -0.05) is 30.3 Å². The molecule has 0 aliphatic carbocycles. The second kappa shape index (κ2) is 10.2. The van der Waals surface area contributed by atoms with Crippen molar-refractivity contribution in [3.63, 3.8) is 0 Å². The number of para-hydroxylation sites is 1. The molecule has 0 saturated carbocycles. The van der Waals surface area contributed by atoms with E-state index in [1.165, 1.54) is 10.6 Å². The highest BCUT2D eigenvalue weighted by atomic mass is 32.1. The van der Waals surface area contributed by atoms with Gasteiger partial charge in [0.05, 0.1) is 39.1 Å². The van der Waals surface area contributed by atoms with Crippen molar-refractivity contribution in [1.82, 2.24) is 10.9 Å². The molecule has 0 unspecified atom stereocenters. The zero-order valence-electron chi connectivity index (χ0n) is 17.1. The summed E-state index contributed by atoms with van der Waals surface area (Å²) in [6, 6.07) is 16.6. The Morgan fingerprint density at radius 1 is 1.07 bits per heavy atom. The minimum Gasteiger partial charge on any atom is -0.360 e. The molecule has 1 heterocycles. The fraction of sp³-hybridized carbons (Fsp3) is 0.364. The smallest absolute Gasteiger partial charge is 0.244 e. The number of rotatable bonds is 5. The number of quaternary nitrogens is 1. The van der Waals surface area contributed by atoms with E-state index in [0.717, 1.165) is 49.5 Å². The first-order valence-electron chi connectivity index (χ1n) is 10.1. The van der Waals surface area contributed by atoms with Crippen molar-refractivity contribution in [2.45, 2.75) is 20.3 Å². The van der Waals surface area contributed by atoms with E-state index in [2.05, 4.69) is 51.4 Å². The number of nitrogens with zero attached hydrogens (tertiary/aromatic N) is 1. The van der Waals surface area contributed by atoms with E-state index in [9.17, 15) is 4.79 Å². The van der Waals surface area contributed by atoms with Gasteiger partial charge in [-0.05, 0) is 55.4 Å². The second-order valence-electron chi connectivity index (χ2n) is 7.52. The largest absolute Gasteiger partial charge is 0.360 e. The molecule has 0 aromatic heterocycles. The van der Waals surface area contributed by atoms with Crippen molar-refractivity contribution in [2.75, 3.05) is 42.9 Å². The third kappa shape index (κ3) is 6.44. The summed E-state index contributed by atoms with van der Waals surface area (Å²) in [6.07, 6.45) is 0.472. The maximum Gasteiger partial charge on any atom is 0.244 e. The van der Waals surface area contributed by atoms with Gasteiger partial charge < -0.3 is 15.1 Å². The Morgan fingerprint density at radius 3 is 2.52 bits per heavy atom. The Kier molecular flexibility index (Phi) is 7.43. The fourth-order valence-corrected chi connectivity index (χ4v) is 3.63. The Bertz CT molecular complexity index is 834. The Hall–Kier alpha value is -2.64. The summed E-state index contributed by atoms with van der Waals surface area (Å²) in [6.45, 7) is 9.00. The molecule has 1 fully saturated rings. The van der Waals surface area contributed by atoms with Gasteiger partial charge in [0.2, 0.25) is 5.91 Å². The lowest BCUT2D eigenvalue weighted by Gasteiger charge is -2.33. The van der Waals surface area contributed by atoms with Gasteiger partial charge in [-0.2, -0.15) is 0 Å². The molecular weight excluding hydrogens is 382 g/mol. The van der Waals surface area contributed by atoms with E-state index in [0.29, 0.717) is 11.5 Å². The highest BCUT2D eigenvalue weighted by Gasteiger charge is 2.20. The van der Waals surface area contributed by atoms with Crippen molar-refractivity contribution in [1.29, 1.82) is 0 Å². The summed E-state index contributed by atoms with van der Waals surface area (Å²) in [7, 11) is 0. The molecule has 154 valence electrons. The van der Waals surface area contributed by atoms with Crippen LogP contribution in [0.2, 0.25) is 0 Å². The zero-order chi connectivity index (χ0) is 20.6. The molecule has 4 N–H and O–H groups in total. The number of piperazine rings is 1. The second-order valence-corrected chi connectivity index (χ2v) is 7.93. The van der Waals surface area contributed by atoms with Crippen molar-refractivity contribution in [3.05, 3.63) is 59.7 Å². The topological polar surface area (TPSA) is 60.8 Å². The van der Waals surface area contributed by atoms with Crippen molar-refractivity contribution < 1.29 is 9.69 Å². The molecule has 3 rings (SSSR count). The van der Waals surface area contributed by atoms with Crippen LogP contribution in [0.3, 0.4) is 0 Å². The number of benzene rings is 2. The molecule has 0 atom stereocenters. The summed E-state index contributed by atoms with van der Waals surface area (Å²) in [4.78, 5) is 16.0. The van der Waals surface area contributed by atoms with E-state index in [1.807, 2.05) is 32.0 Å². The van der Waals surface area contributed by atoms with Gasteiger partial charge in [-0.15, -0.1) is 0 Å². The van der Waals surface area contributed by atoms with Crippen LogP contribution in [0.4, 0.5) is 11.4 Å². The number of amides is 1. The molecule has 1 saturated heterocycles. The molecule has 1 amide bonds. The minimum atomic E-state index is -0.0481. The van der Waals surface area contributed by atoms with Crippen LogP contribution in [-0.2, 0) is 4.79 Å². The maximum atomic E-state index is 12.2. The summed E-state index contributed by atoms with van der Waals surface area (Å²) >= 11 is 5.28. The Morgan fingerprint density at radius 2 is 1.79 bits per heavy atom. The average molecular weight is 413 g/mol. The van der Waals surface area contributed by atoms with Crippen molar-refractivity contribution in [3.8, 4) is 0 Å². The van der Waals surface area contributed by atoms with Crippen LogP contribution in [0.15, 0.2) is 48.5 Å². The predicted molar refractivity (Wildman–Crippen MR) is 122 cm³/mol. The normalized spacial score (nSPS) is 14.3. The van der Waals surface area contributed by atoms with Gasteiger partial charge in [0, 0.05) is 11.4 Å². The van der Waals surface area contributed by atoms with Crippen LogP contribution >= 0.6 is 12.2 Å². The quantitative estimate of drug-likeness (QED) is 0.442. The molecule has 1 aliphatic heterocycles.